The molecule has 0 fully saturated rings. The zero-order chi connectivity index (χ0) is 18.3. The van der Waals surface area contributed by atoms with E-state index in [2.05, 4.69) is 20.0 Å². The molecule has 0 aliphatic heterocycles. The lowest BCUT2D eigenvalue weighted by molar-refractivity contribution is 0.0948. The van der Waals surface area contributed by atoms with E-state index in [4.69, 9.17) is 11.6 Å². The number of hydrogen-bond acceptors (Lipinski definition) is 6. The van der Waals surface area contributed by atoms with E-state index in [1.54, 1.807) is 30.5 Å². The van der Waals surface area contributed by atoms with Gasteiger partial charge in [-0.05, 0) is 11.8 Å². The highest BCUT2D eigenvalue weighted by atomic mass is 35.5. The maximum Gasteiger partial charge on any atom is 0.271 e. The van der Waals surface area contributed by atoms with Crippen LogP contribution in [0.1, 0.15) is 16.1 Å². The SMILES string of the molecule is CSc1ncc(Cl)c(C(=O)NCCNS(=O)(=O)Cc2ccccc2)n1. The van der Waals surface area contributed by atoms with Gasteiger partial charge in [0.2, 0.25) is 10.0 Å². The Hall–Kier alpha value is -1.68. The van der Waals surface area contributed by atoms with Crippen molar-refractivity contribution < 1.29 is 13.2 Å². The average molecular weight is 401 g/mol. The molecule has 7 nitrogen and oxygen atoms in total. The molecule has 0 spiro atoms. The predicted octanol–water partition coefficient (Wildman–Crippen LogP) is 1.70. The first-order valence-corrected chi connectivity index (χ1v) is 10.5. The smallest absolute Gasteiger partial charge is 0.271 e. The maximum atomic E-state index is 12.1. The second kappa shape index (κ2) is 9.14. The second-order valence-electron chi connectivity index (χ2n) is 4.95. The minimum absolute atomic E-state index is 0.0631. The highest BCUT2D eigenvalue weighted by Crippen LogP contribution is 2.16. The van der Waals surface area contributed by atoms with Crippen molar-refractivity contribution in [3.8, 4) is 0 Å². The van der Waals surface area contributed by atoms with Gasteiger partial charge in [0.15, 0.2) is 10.9 Å². The van der Waals surface area contributed by atoms with E-state index in [9.17, 15) is 13.2 Å². The van der Waals surface area contributed by atoms with Crippen molar-refractivity contribution in [2.45, 2.75) is 10.9 Å². The minimum Gasteiger partial charge on any atom is -0.349 e. The Balaban J connectivity index is 1.83. The lowest BCUT2D eigenvalue weighted by Gasteiger charge is -2.09. The van der Waals surface area contributed by atoms with Gasteiger partial charge in [0.05, 0.1) is 17.0 Å². The monoisotopic (exact) mass is 400 g/mol. The van der Waals surface area contributed by atoms with Crippen molar-refractivity contribution >= 4 is 39.3 Å². The fourth-order valence-corrected chi connectivity index (χ4v) is 3.58. The first-order chi connectivity index (χ1) is 11.9. The molecule has 0 unspecified atom stereocenters. The highest BCUT2D eigenvalue weighted by Gasteiger charge is 2.15. The number of nitrogens with zero attached hydrogens (tertiary/aromatic N) is 2. The van der Waals surface area contributed by atoms with E-state index in [0.29, 0.717) is 10.7 Å². The number of thioether (sulfide) groups is 1. The number of nitrogens with one attached hydrogen (secondary N) is 2. The topological polar surface area (TPSA) is 101 Å². The molecule has 0 saturated carbocycles. The lowest BCUT2D eigenvalue weighted by atomic mass is 10.2. The van der Waals surface area contributed by atoms with Gasteiger partial charge in [-0.2, -0.15) is 0 Å². The number of amides is 1. The Labute approximate surface area is 155 Å². The standard InChI is InChI=1S/C15H17ClN4O3S2/c1-24-15-18-9-12(16)13(20-15)14(21)17-7-8-19-25(22,23)10-11-5-3-2-4-6-11/h2-6,9,19H,7-8,10H2,1H3,(H,17,21). The summed E-state index contributed by atoms with van der Waals surface area (Å²) in [5, 5.41) is 3.15. The van der Waals surface area contributed by atoms with Crippen LogP contribution in [-0.4, -0.2) is 43.6 Å². The number of sulfonamides is 1. The molecular weight excluding hydrogens is 384 g/mol. The summed E-state index contributed by atoms with van der Waals surface area (Å²) in [5.41, 5.74) is 0.754. The van der Waals surface area contributed by atoms with Crippen LogP contribution in [0.25, 0.3) is 0 Å². The van der Waals surface area contributed by atoms with Gasteiger partial charge in [-0.15, -0.1) is 0 Å². The Bertz CT molecular complexity index is 832. The van der Waals surface area contributed by atoms with Gasteiger partial charge in [0, 0.05) is 13.1 Å². The van der Waals surface area contributed by atoms with Crippen LogP contribution in [0.5, 0.6) is 0 Å². The fourth-order valence-electron chi connectivity index (χ4n) is 1.92. The number of carbonyl (C=O) groups excluding carboxylic acids is 1. The Morgan fingerprint density at radius 3 is 2.64 bits per heavy atom. The summed E-state index contributed by atoms with van der Waals surface area (Å²) < 4.78 is 26.4. The second-order valence-corrected chi connectivity index (χ2v) is 7.94. The molecule has 2 aromatic rings. The van der Waals surface area contributed by atoms with Crippen molar-refractivity contribution in [2.24, 2.45) is 0 Å². The number of carbonyl (C=O) groups is 1. The predicted molar refractivity (Wildman–Crippen MR) is 98.2 cm³/mol. The van der Waals surface area contributed by atoms with Gasteiger partial charge in [-0.3, -0.25) is 4.79 Å². The van der Waals surface area contributed by atoms with Crippen LogP contribution in [0.4, 0.5) is 0 Å². The summed E-state index contributed by atoms with van der Waals surface area (Å²) in [4.78, 5) is 20.1. The molecule has 10 heteroatoms. The Morgan fingerprint density at radius 1 is 1.24 bits per heavy atom. The summed E-state index contributed by atoms with van der Waals surface area (Å²) in [5.74, 6) is -0.596. The summed E-state index contributed by atoms with van der Waals surface area (Å²) in [7, 11) is -3.47. The van der Waals surface area contributed by atoms with Crippen LogP contribution in [0, 0.1) is 0 Å². The molecule has 0 radical (unpaired) electrons. The van der Waals surface area contributed by atoms with Gasteiger partial charge in [-0.25, -0.2) is 23.1 Å². The molecule has 134 valence electrons. The van der Waals surface area contributed by atoms with Crippen molar-refractivity contribution in [1.82, 2.24) is 20.0 Å². The third-order valence-corrected chi connectivity index (χ3v) is 5.25. The van der Waals surface area contributed by atoms with Gasteiger partial charge >= 0.3 is 0 Å². The molecule has 0 atom stereocenters. The van der Waals surface area contributed by atoms with E-state index in [0.717, 1.165) is 0 Å². The van der Waals surface area contributed by atoms with Crippen molar-refractivity contribution in [1.29, 1.82) is 0 Å². The zero-order valence-corrected chi connectivity index (χ0v) is 15.8. The number of benzene rings is 1. The van der Waals surface area contributed by atoms with Gasteiger partial charge < -0.3 is 5.32 Å². The largest absolute Gasteiger partial charge is 0.349 e. The minimum atomic E-state index is -3.47. The first kappa shape index (κ1) is 19.6. The van der Waals surface area contributed by atoms with E-state index < -0.39 is 15.9 Å². The molecule has 1 aromatic carbocycles. The number of aromatic nitrogens is 2. The lowest BCUT2D eigenvalue weighted by Crippen LogP contribution is -2.35. The summed E-state index contributed by atoms with van der Waals surface area (Å²) in [6.45, 7) is 0.181. The molecule has 0 aliphatic rings. The van der Waals surface area contributed by atoms with Crippen LogP contribution in [0.15, 0.2) is 41.7 Å². The third kappa shape index (κ3) is 6.28. The Kier molecular flexibility index (Phi) is 7.18. The van der Waals surface area contributed by atoms with Crippen LogP contribution in [0.2, 0.25) is 5.02 Å². The van der Waals surface area contributed by atoms with Gasteiger partial charge in [0.25, 0.3) is 5.91 Å². The van der Waals surface area contributed by atoms with Crippen LogP contribution >= 0.6 is 23.4 Å². The van der Waals surface area contributed by atoms with Gasteiger partial charge in [-0.1, -0.05) is 53.7 Å². The number of halogens is 1. The molecule has 0 bridgehead atoms. The van der Waals surface area contributed by atoms with Crippen molar-refractivity contribution in [3.05, 3.63) is 52.8 Å². The van der Waals surface area contributed by atoms with E-state index in [1.165, 1.54) is 18.0 Å². The fraction of sp³-hybridized carbons (Fsp3) is 0.267. The summed E-state index contributed by atoms with van der Waals surface area (Å²) in [6, 6.07) is 8.85. The summed E-state index contributed by atoms with van der Waals surface area (Å²) >= 11 is 7.21. The van der Waals surface area contributed by atoms with Crippen LogP contribution in [-0.2, 0) is 15.8 Å². The molecule has 25 heavy (non-hydrogen) atoms. The third-order valence-electron chi connectivity index (χ3n) is 3.05. The van der Waals surface area contributed by atoms with E-state index in [-0.39, 0.29) is 29.6 Å². The molecule has 1 aromatic heterocycles. The number of hydrogen-bond donors (Lipinski definition) is 2. The van der Waals surface area contributed by atoms with Crippen LogP contribution in [0.3, 0.4) is 0 Å². The van der Waals surface area contributed by atoms with E-state index >= 15 is 0 Å². The first-order valence-electron chi connectivity index (χ1n) is 7.27. The molecule has 2 N–H and O–H groups in total. The van der Waals surface area contributed by atoms with E-state index in [1.807, 2.05) is 6.07 Å². The quantitative estimate of drug-likeness (QED) is 0.397. The Morgan fingerprint density at radius 2 is 1.96 bits per heavy atom. The molecule has 1 heterocycles. The van der Waals surface area contributed by atoms with Crippen molar-refractivity contribution in [2.75, 3.05) is 19.3 Å². The average Bonchev–Trinajstić information content (AvgIpc) is 2.59. The maximum absolute atomic E-state index is 12.1. The number of rotatable bonds is 8. The van der Waals surface area contributed by atoms with Crippen LogP contribution < -0.4 is 10.0 Å². The molecule has 1 amide bonds. The van der Waals surface area contributed by atoms with Crippen molar-refractivity contribution in [3.63, 3.8) is 0 Å². The normalized spacial score (nSPS) is 11.3. The molecule has 0 saturated heterocycles. The highest BCUT2D eigenvalue weighted by molar-refractivity contribution is 7.98. The molecule has 0 aliphatic carbocycles. The molecular formula is C15H17ClN4O3S2. The zero-order valence-electron chi connectivity index (χ0n) is 13.4. The molecule has 2 rings (SSSR count). The summed E-state index contributed by atoms with van der Waals surface area (Å²) in [6.07, 6.45) is 3.14. The van der Waals surface area contributed by atoms with Gasteiger partial charge in [0.1, 0.15) is 0 Å².